The molecular formula is C22H27N3O. The largest absolute Gasteiger partial charge is 0.467 e. The first-order chi connectivity index (χ1) is 11.9. The van der Waals surface area contributed by atoms with Gasteiger partial charge in [0.15, 0.2) is 0 Å². The van der Waals surface area contributed by atoms with Crippen molar-refractivity contribution in [2.45, 2.75) is 60.0 Å². The van der Waals surface area contributed by atoms with Crippen LogP contribution in [-0.4, -0.2) is 22.3 Å². The molecule has 0 radical (unpaired) electrons. The number of ether oxygens (including phenoxy) is 1. The van der Waals surface area contributed by atoms with Crippen molar-refractivity contribution in [1.82, 2.24) is 4.90 Å². The van der Waals surface area contributed by atoms with E-state index in [0.29, 0.717) is 11.5 Å². The third-order valence-corrected chi connectivity index (χ3v) is 4.84. The summed E-state index contributed by atoms with van der Waals surface area (Å²) in [6, 6.07) is 6.07. The monoisotopic (exact) mass is 349 g/mol. The lowest BCUT2D eigenvalue weighted by molar-refractivity contribution is 0.108. The first-order valence-electron chi connectivity index (χ1n) is 8.95. The third kappa shape index (κ3) is 2.82. The van der Waals surface area contributed by atoms with E-state index in [1.807, 2.05) is 13.0 Å². The van der Waals surface area contributed by atoms with Crippen LogP contribution in [0.2, 0.25) is 0 Å². The highest BCUT2D eigenvalue weighted by atomic mass is 16.5. The van der Waals surface area contributed by atoms with Crippen LogP contribution in [0.1, 0.15) is 52.7 Å². The highest BCUT2D eigenvalue weighted by Crippen LogP contribution is 2.46. The summed E-state index contributed by atoms with van der Waals surface area (Å²) >= 11 is 0. The van der Waals surface area contributed by atoms with Crippen LogP contribution in [-0.2, 0) is 0 Å². The molecular weight excluding hydrogens is 322 g/mol. The minimum atomic E-state index is -0.287. The Balaban J connectivity index is 2.33. The van der Waals surface area contributed by atoms with Gasteiger partial charge in [-0.2, -0.15) is 0 Å². The summed E-state index contributed by atoms with van der Waals surface area (Å²) in [5, 5.41) is 8.77. The third-order valence-electron chi connectivity index (χ3n) is 4.84. The highest BCUT2D eigenvalue weighted by Gasteiger charge is 2.47. The Labute approximate surface area is 156 Å². The number of nitrogens with one attached hydrogen (secondary N) is 1. The van der Waals surface area contributed by atoms with Crippen LogP contribution in [0.5, 0.6) is 5.75 Å². The average molecular weight is 349 g/mol. The number of benzene rings is 1. The van der Waals surface area contributed by atoms with E-state index in [1.165, 1.54) is 0 Å². The molecule has 1 aromatic carbocycles. The number of rotatable bonds is 0. The molecule has 2 aliphatic heterocycles. The normalized spacial score (nSPS) is 20.1. The molecule has 1 atom stereocenters. The van der Waals surface area contributed by atoms with Gasteiger partial charge in [-0.1, -0.05) is 32.9 Å². The molecule has 1 unspecified atom stereocenters. The van der Waals surface area contributed by atoms with Crippen molar-refractivity contribution < 1.29 is 4.74 Å². The summed E-state index contributed by atoms with van der Waals surface area (Å²) in [5.41, 5.74) is 3.00. The Kier molecular flexibility index (Phi) is 4.03. The van der Waals surface area contributed by atoms with Crippen LogP contribution in [0.4, 0.5) is 0 Å². The SMILES string of the molecule is [C-]#[N+]C1=C2Oc3cc(C)ccc3C=C2C(C(C)(C)C)N(C(C)(C)C)C1=N. The molecule has 0 fully saturated rings. The van der Waals surface area contributed by atoms with Crippen molar-refractivity contribution in [3.05, 3.63) is 57.8 Å². The van der Waals surface area contributed by atoms with E-state index >= 15 is 0 Å². The van der Waals surface area contributed by atoms with Gasteiger partial charge in [-0.3, -0.25) is 5.41 Å². The van der Waals surface area contributed by atoms with Crippen molar-refractivity contribution in [2.24, 2.45) is 5.41 Å². The highest BCUT2D eigenvalue weighted by molar-refractivity contribution is 6.02. The molecule has 3 rings (SSSR count). The molecule has 1 aromatic rings. The van der Waals surface area contributed by atoms with Crippen LogP contribution in [0.15, 0.2) is 35.2 Å². The number of amidine groups is 1. The zero-order valence-corrected chi connectivity index (χ0v) is 16.7. The Bertz CT molecular complexity index is 885. The van der Waals surface area contributed by atoms with Crippen LogP contribution in [0.3, 0.4) is 0 Å². The van der Waals surface area contributed by atoms with E-state index in [9.17, 15) is 0 Å². The quantitative estimate of drug-likeness (QED) is 0.636. The topological polar surface area (TPSA) is 40.7 Å². The number of hydrogen-bond acceptors (Lipinski definition) is 2. The summed E-state index contributed by atoms with van der Waals surface area (Å²) < 4.78 is 6.21. The second-order valence-electron chi connectivity index (χ2n) is 9.19. The number of nitrogens with zero attached hydrogens (tertiary/aromatic N) is 2. The van der Waals surface area contributed by atoms with Crippen LogP contribution in [0.25, 0.3) is 10.9 Å². The molecule has 1 N–H and O–H groups in total. The minimum absolute atomic E-state index is 0.0510. The minimum Gasteiger partial charge on any atom is -0.467 e. The average Bonchev–Trinajstić information content (AvgIpc) is 2.50. The first kappa shape index (κ1) is 18.3. The summed E-state index contributed by atoms with van der Waals surface area (Å²) in [6.07, 6.45) is 2.14. The van der Waals surface area contributed by atoms with Crippen molar-refractivity contribution in [1.29, 1.82) is 5.41 Å². The lowest BCUT2D eigenvalue weighted by atomic mass is 9.75. The summed E-state index contributed by atoms with van der Waals surface area (Å²) in [6.45, 7) is 22.5. The molecule has 0 aliphatic carbocycles. The van der Waals surface area contributed by atoms with E-state index in [1.54, 1.807) is 0 Å². The molecule has 0 saturated carbocycles. The van der Waals surface area contributed by atoms with Crippen LogP contribution in [0, 0.1) is 24.3 Å². The Hall–Kier alpha value is -2.54. The van der Waals surface area contributed by atoms with Crippen LogP contribution >= 0.6 is 0 Å². The molecule has 26 heavy (non-hydrogen) atoms. The predicted octanol–water partition coefficient (Wildman–Crippen LogP) is 5.41. The van der Waals surface area contributed by atoms with Crippen molar-refractivity contribution in [3.8, 4) is 5.75 Å². The molecule has 4 heteroatoms. The fraction of sp³-hybridized carbons (Fsp3) is 0.455. The van der Waals surface area contributed by atoms with Crippen LogP contribution < -0.4 is 4.74 Å². The van der Waals surface area contributed by atoms with Gasteiger partial charge in [-0.25, -0.2) is 4.85 Å². The Morgan fingerprint density at radius 2 is 1.81 bits per heavy atom. The maximum absolute atomic E-state index is 8.77. The maximum atomic E-state index is 8.77. The van der Waals surface area contributed by atoms with Gasteiger partial charge in [0, 0.05) is 16.7 Å². The van der Waals surface area contributed by atoms with E-state index in [4.69, 9.17) is 16.7 Å². The lowest BCUT2D eigenvalue weighted by Crippen LogP contribution is -2.59. The fourth-order valence-corrected chi connectivity index (χ4v) is 3.81. The standard InChI is InChI=1S/C22H27N3O/c1-13-9-10-14-12-15-18(26-16(14)11-13)17(24-8)20(23)25(22(5,6)7)19(15)21(2,3)4/h9-12,19,23H,1-7H3. The van der Waals surface area contributed by atoms with Gasteiger partial charge in [0.25, 0.3) is 5.70 Å². The van der Waals surface area contributed by atoms with Gasteiger partial charge in [0.2, 0.25) is 0 Å². The van der Waals surface area contributed by atoms with Crippen molar-refractivity contribution >= 4 is 11.9 Å². The molecule has 0 aromatic heterocycles. The molecule has 0 amide bonds. The second kappa shape index (κ2) is 5.74. The fourth-order valence-electron chi connectivity index (χ4n) is 3.81. The van der Waals surface area contributed by atoms with E-state index in [2.05, 4.69) is 69.5 Å². The summed E-state index contributed by atoms with van der Waals surface area (Å²) in [5.74, 6) is 1.55. The second-order valence-corrected chi connectivity index (χ2v) is 9.19. The van der Waals surface area contributed by atoms with E-state index in [-0.39, 0.29) is 22.8 Å². The molecule has 0 spiro atoms. The van der Waals surface area contributed by atoms with Gasteiger partial charge >= 0.3 is 0 Å². The smallest absolute Gasteiger partial charge is 0.269 e. The van der Waals surface area contributed by atoms with Gasteiger partial charge < -0.3 is 9.64 Å². The molecule has 2 heterocycles. The van der Waals surface area contributed by atoms with Gasteiger partial charge in [-0.15, -0.1) is 0 Å². The number of aryl methyl sites for hydroxylation is 1. The zero-order chi connectivity index (χ0) is 19.4. The van der Waals surface area contributed by atoms with E-state index in [0.717, 1.165) is 22.4 Å². The number of hydrogen-bond donors (Lipinski definition) is 1. The molecule has 0 bridgehead atoms. The van der Waals surface area contributed by atoms with Gasteiger partial charge in [0.1, 0.15) is 17.3 Å². The molecule has 136 valence electrons. The Morgan fingerprint density at radius 1 is 1.15 bits per heavy atom. The van der Waals surface area contributed by atoms with Gasteiger partial charge in [0.05, 0.1) is 12.6 Å². The first-order valence-corrected chi connectivity index (χ1v) is 8.95. The number of fused-ring (bicyclic) bond motifs is 2. The van der Waals surface area contributed by atoms with Gasteiger partial charge in [-0.05, 0) is 50.8 Å². The molecule has 0 saturated heterocycles. The van der Waals surface area contributed by atoms with E-state index < -0.39 is 0 Å². The lowest BCUT2D eigenvalue weighted by Gasteiger charge is -2.52. The molecule has 4 nitrogen and oxygen atoms in total. The maximum Gasteiger partial charge on any atom is 0.269 e. The molecule has 2 aliphatic rings. The zero-order valence-electron chi connectivity index (χ0n) is 16.7. The van der Waals surface area contributed by atoms with Crippen molar-refractivity contribution in [3.63, 3.8) is 0 Å². The van der Waals surface area contributed by atoms with Crippen molar-refractivity contribution in [2.75, 3.05) is 0 Å². The predicted molar refractivity (Wildman–Crippen MR) is 106 cm³/mol. The summed E-state index contributed by atoms with van der Waals surface area (Å²) in [7, 11) is 0. The summed E-state index contributed by atoms with van der Waals surface area (Å²) in [4.78, 5) is 5.75. The Morgan fingerprint density at radius 3 is 2.35 bits per heavy atom.